The zero-order valence-electron chi connectivity index (χ0n) is 12.0. The summed E-state index contributed by atoms with van der Waals surface area (Å²) in [5.41, 5.74) is 3.44. The lowest BCUT2D eigenvalue weighted by Crippen LogP contribution is -2.38. The maximum atomic E-state index is 5.89. The number of hydrogen-bond acceptors (Lipinski definition) is 4. The molecule has 0 radical (unpaired) electrons. The number of hydrogen-bond donors (Lipinski definition) is 0. The third-order valence-corrected chi connectivity index (χ3v) is 3.88. The fourth-order valence-corrected chi connectivity index (χ4v) is 2.67. The fourth-order valence-electron chi connectivity index (χ4n) is 2.67. The van der Waals surface area contributed by atoms with Gasteiger partial charge in [-0.25, -0.2) is 0 Å². The molecule has 1 saturated heterocycles. The summed E-state index contributed by atoms with van der Waals surface area (Å²) in [6.45, 7) is 7.49. The van der Waals surface area contributed by atoms with E-state index in [1.54, 1.807) is 0 Å². The number of benzene rings is 1. The summed E-state index contributed by atoms with van der Waals surface area (Å²) in [7, 11) is 0. The highest BCUT2D eigenvalue weighted by Gasteiger charge is 2.23. The van der Waals surface area contributed by atoms with Crippen molar-refractivity contribution in [1.29, 1.82) is 0 Å². The van der Waals surface area contributed by atoms with Crippen LogP contribution in [0.5, 0.6) is 0 Å². The number of rotatable bonds is 3. The fraction of sp³-hybridized carbons (Fsp3) is 0.438. The third-order valence-electron chi connectivity index (χ3n) is 3.88. The zero-order valence-corrected chi connectivity index (χ0v) is 12.0. The number of nitrogens with zero attached hydrogens (tertiary/aromatic N) is 2. The van der Waals surface area contributed by atoms with Gasteiger partial charge < -0.3 is 9.26 Å². The molecule has 0 N–H and O–H groups in total. The smallest absolute Gasteiger partial charge is 0.138 e. The van der Waals surface area contributed by atoms with E-state index in [1.807, 2.05) is 19.9 Å². The first kappa shape index (κ1) is 13.3. The van der Waals surface area contributed by atoms with Gasteiger partial charge in [0, 0.05) is 25.2 Å². The van der Waals surface area contributed by atoms with Gasteiger partial charge in [0.25, 0.3) is 0 Å². The average Bonchev–Trinajstić information content (AvgIpc) is 2.80. The molecule has 1 atom stereocenters. The SMILES string of the molecule is Cc1noc(C)c1CN1CCOC(c2ccccc2)C1. The van der Waals surface area contributed by atoms with Crippen LogP contribution in [0, 0.1) is 13.8 Å². The van der Waals surface area contributed by atoms with Gasteiger partial charge in [-0.15, -0.1) is 0 Å². The molecular weight excluding hydrogens is 252 g/mol. The molecule has 106 valence electrons. The van der Waals surface area contributed by atoms with Crippen molar-refractivity contribution in [2.45, 2.75) is 26.5 Å². The van der Waals surface area contributed by atoms with Gasteiger partial charge in [-0.2, -0.15) is 0 Å². The number of morpholine rings is 1. The number of aromatic nitrogens is 1. The Kier molecular flexibility index (Phi) is 3.85. The highest BCUT2D eigenvalue weighted by atomic mass is 16.5. The first-order chi connectivity index (χ1) is 9.74. The van der Waals surface area contributed by atoms with Crippen molar-refractivity contribution in [3.05, 3.63) is 52.9 Å². The molecule has 0 saturated carbocycles. The molecule has 3 rings (SSSR count). The minimum absolute atomic E-state index is 0.158. The van der Waals surface area contributed by atoms with Crippen molar-refractivity contribution >= 4 is 0 Å². The van der Waals surface area contributed by atoms with Crippen LogP contribution in [0.25, 0.3) is 0 Å². The third kappa shape index (κ3) is 2.76. The van der Waals surface area contributed by atoms with Crippen LogP contribution in [-0.2, 0) is 11.3 Å². The van der Waals surface area contributed by atoms with Crippen LogP contribution in [0.3, 0.4) is 0 Å². The zero-order chi connectivity index (χ0) is 13.9. The summed E-state index contributed by atoms with van der Waals surface area (Å²) in [5, 5.41) is 4.03. The summed E-state index contributed by atoms with van der Waals surface area (Å²) in [6.07, 6.45) is 0.158. The minimum Gasteiger partial charge on any atom is -0.371 e. The maximum absolute atomic E-state index is 5.89. The Balaban J connectivity index is 1.70. The number of aryl methyl sites for hydroxylation is 2. The lowest BCUT2D eigenvalue weighted by atomic mass is 10.1. The van der Waals surface area contributed by atoms with Crippen molar-refractivity contribution in [2.75, 3.05) is 19.7 Å². The molecule has 1 aliphatic heterocycles. The molecule has 20 heavy (non-hydrogen) atoms. The highest BCUT2D eigenvalue weighted by Crippen LogP contribution is 2.24. The molecule has 1 unspecified atom stereocenters. The Morgan fingerprint density at radius 1 is 1.25 bits per heavy atom. The predicted molar refractivity (Wildman–Crippen MR) is 76.4 cm³/mol. The van der Waals surface area contributed by atoms with E-state index in [1.165, 1.54) is 11.1 Å². The van der Waals surface area contributed by atoms with E-state index in [-0.39, 0.29) is 6.10 Å². The van der Waals surface area contributed by atoms with Crippen molar-refractivity contribution < 1.29 is 9.26 Å². The summed E-state index contributed by atoms with van der Waals surface area (Å²) in [5.74, 6) is 0.922. The summed E-state index contributed by atoms with van der Waals surface area (Å²) in [6, 6.07) is 10.4. The molecule has 2 heterocycles. The minimum atomic E-state index is 0.158. The monoisotopic (exact) mass is 272 g/mol. The van der Waals surface area contributed by atoms with Crippen LogP contribution in [0.1, 0.15) is 28.7 Å². The molecule has 0 spiro atoms. The second-order valence-electron chi connectivity index (χ2n) is 5.31. The molecule has 1 aromatic heterocycles. The second-order valence-corrected chi connectivity index (χ2v) is 5.31. The topological polar surface area (TPSA) is 38.5 Å². The Morgan fingerprint density at radius 2 is 2.05 bits per heavy atom. The van der Waals surface area contributed by atoms with Gasteiger partial charge in [-0.3, -0.25) is 4.90 Å². The molecule has 0 amide bonds. The van der Waals surface area contributed by atoms with E-state index >= 15 is 0 Å². The van der Waals surface area contributed by atoms with Crippen LogP contribution >= 0.6 is 0 Å². The van der Waals surface area contributed by atoms with E-state index < -0.39 is 0 Å². The summed E-state index contributed by atoms with van der Waals surface area (Å²) < 4.78 is 11.1. The quantitative estimate of drug-likeness (QED) is 0.861. The van der Waals surface area contributed by atoms with Gasteiger partial charge in [0.1, 0.15) is 5.76 Å². The van der Waals surface area contributed by atoms with Gasteiger partial charge in [-0.05, 0) is 19.4 Å². The first-order valence-electron chi connectivity index (χ1n) is 7.04. The lowest BCUT2D eigenvalue weighted by molar-refractivity contribution is -0.0330. The molecule has 1 aromatic carbocycles. The Labute approximate surface area is 119 Å². The second kappa shape index (κ2) is 5.77. The maximum Gasteiger partial charge on any atom is 0.138 e. The Morgan fingerprint density at radius 3 is 2.75 bits per heavy atom. The van der Waals surface area contributed by atoms with E-state index in [9.17, 15) is 0 Å². The van der Waals surface area contributed by atoms with Crippen LogP contribution in [0.15, 0.2) is 34.9 Å². The molecular formula is C16H20N2O2. The van der Waals surface area contributed by atoms with Crippen LogP contribution < -0.4 is 0 Å². The van der Waals surface area contributed by atoms with Gasteiger partial charge in [0.2, 0.25) is 0 Å². The first-order valence-corrected chi connectivity index (χ1v) is 7.04. The Bertz CT molecular complexity index is 546. The highest BCUT2D eigenvalue weighted by molar-refractivity contribution is 5.21. The molecule has 0 bridgehead atoms. The van der Waals surface area contributed by atoms with Crippen molar-refractivity contribution in [3.8, 4) is 0 Å². The average molecular weight is 272 g/mol. The molecule has 1 aliphatic rings. The van der Waals surface area contributed by atoms with E-state index in [0.29, 0.717) is 0 Å². The van der Waals surface area contributed by atoms with Crippen LogP contribution in [-0.4, -0.2) is 29.8 Å². The molecule has 0 aliphatic carbocycles. The standard InChI is InChI=1S/C16H20N2O2/c1-12-15(13(2)20-17-12)10-18-8-9-19-16(11-18)14-6-4-3-5-7-14/h3-7,16H,8-11H2,1-2H3. The number of ether oxygens (including phenoxy) is 1. The van der Waals surface area contributed by atoms with Crippen molar-refractivity contribution in [2.24, 2.45) is 0 Å². The van der Waals surface area contributed by atoms with Crippen LogP contribution in [0.4, 0.5) is 0 Å². The van der Waals surface area contributed by atoms with Crippen molar-refractivity contribution in [3.63, 3.8) is 0 Å². The van der Waals surface area contributed by atoms with Gasteiger partial charge in [-0.1, -0.05) is 35.5 Å². The molecule has 1 fully saturated rings. The van der Waals surface area contributed by atoms with E-state index in [4.69, 9.17) is 9.26 Å². The normalized spacial score (nSPS) is 20.2. The van der Waals surface area contributed by atoms with Gasteiger partial charge in [0.15, 0.2) is 0 Å². The van der Waals surface area contributed by atoms with Gasteiger partial charge in [0.05, 0.1) is 18.4 Å². The van der Waals surface area contributed by atoms with Crippen LogP contribution in [0.2, 0.25) is 0 Å². The largest absolute Gasteiger partial charge is 0.371 e. The van der Waals surface area contributed by atoms with E-state index in [2.05, 4.69) is 34.3 Å². The summed E-state index contributed by atoms with van der Waals surface area (Å²) >= 11 is 0. The molecule has 4 heteroatoms. The predicted octanol–water partition coefficient (Wildman–Crippen LogP) is 2.86. The Hall–Kier alpha value is -1.65. The van der Waals surface area contributed by atoms with E-state index in [0.717, 1.165) is 37.7 Å². The summed E-state index contributed by atoms with van der Waals surface area (Å²) in [4.78, 5) is 2.41. The van der Waals surface area contributed by atoms with Crippen molar-refractivity contribution in [1.82, 2.24) is 10.1 Å². The molecule has 4 nitrogen and oxygen atoms in total. The lowest BCUT2D eigenvalue weighted by Gasteiger charge is -2.33. The van der Waals surface area contributed by atoms with Gasteiger partial charge >= 0.3 is 0 Å². The molecule has 2 aromatic rings.